The number of hydrogen-bond acceptors (Lipinski definition) is 2. The Morgan fingerprint density at radius 3 is 2.52 bits per heavy atom. The van der Waals surface area contributed by atoms with Gasteiger partial charge in [-0.3, -0.25) is 4.79 Å². The van der Waals surface area contributed by atoms with Crippen molar-refractivity contribution in [2.45, 2.75) is 13.8 Å². The number of fused-ring (bicyclic) bond motifs is 3. The van der Waals surface area contributed by atoms with Gasteiger partial charge in [-0.05, 0) is 54.8 Å². The molecule has 4 nitrogen and oxygen atoms in total. The van der Waals surface area contributed by atoms with E-state index in [1.165, 1.54) is 0 Å². The maximum Gasteiger partial charge on any atom is 0.251 e. The van der Waals surface area contributed by atoms with E-state index in [-0.39, 0.29) is 11.7 Å². The van der Waals surface area contributed by atoms with Crippen LogP contribution in [-0.2, 0) is 11.8 Å². The zero-order valence-corrected chi connectivity index (χ0v) is 13.8. The van der Waals surface area contributed by atoms with Gasteiger partial charge in [-0.1, -0.05) is 6.58 Å². The lowest BCUT2D eigenvalue weighted by Crippen LogP contribution is -2.19. The zero-order valence-electron chi connectivity index (χ0n) is 13.8. The summed E-state index contributed by atoms with van der Waals surface area (Å²) in [7, 11) is 3.62. The average Bonchev–Trinajstić information content (AvgIpc) is 2.81. The Morgan fingerprint density at radius 1 is 1.17 bits per heavy atom. The molecule has 0 aliphatic rings. The van der Waals surface area contributed by atoms with E-state index in [0.29, 0.717) is 5.57 Å². The Kier molecular flexibility index (Phi) is 3.40. The molecular formula is C19H20N2O2. The number of likely N-dealkylation sites (N-methyl/N-ethyl adjacent to an activating group) is 1. The van der Waals surface area contributed by atoms with E-state index < -0.39 is 0 Å². The number of benzene rings is 2. The summed E-state index contributed by atoms with van der Waals surface area (Å²) in [4.78, 5) is 12.0. The molecule has 4 heteroatoms. The molecule has 0 atom stereocenters. The summed E-state index contributed by atoms with van der Waals surface area (Å²) in [5, 5.41) is 14.4. The zero-order chi connectivity index (χ0) is 16.9. The lowest BCUT2D eigenvalue weighted by Gasteiger charge is -2.13. The minimum atomic E-state index is -0.185. The number of phenols is 1. The number of rotatable bonds is 2. The molecule has 0 aliphatic carbocycles. The molecule has 0 fully saturated rings. The summed E-state index contributed by atoms with van der Waals surface area (Å²) in [5.41, 5.74) is 5.60. The number of phenolic OH excluding ortho intramolecular Hbond substituents is 1. The van der Waals surface area contributed by atoms with Crippen molar-refractivity contribution in [3.8, 4) is 5.75 Å². The van der Waals surface area contributed by atoms with Crippen molar-refractivity contribution in [3.05, 3.63) is 47.5 Å². The maximum atomic E-state index is 12.0. The molecule has 1 amide bonds. The van der Waals surface area contributed by atoms with Crippen LogP contribution in [0, 0.1) is 13.8 Å². The monoisotopic (exact) mass is 308 g/mol. The molecular weight excluding hydrogens is 288 g/mol. The molecule has 0 unspecified atom stereocenters. The first-order valence-corrected chi connectivity index (χ1v) is 7.49. The van der Waals surface area contributed by atoms with Crippen LogP contribution in [0.4, 0.5) is 0 Å². The Balaban J connectivity index is 2.45. The van der Waals surface area contributed by atoms with E-state index in [9.17, 15) is 9.90 Å². The Bertz CT molecular complexity index is 980. The highest BCUT2D eigenvalue weighted by Gasteiger charge is 2.18. The third kappa shape index (κ3) is 2.10. The number of amides is 1. The minimum Gasteiger partial charge on any atom is -0.508 e. The SMILES string of the molecule is C=C(C(=O)NC)c1cc2c3cc(O)ccc3n(C)c2c(C)c1C. The predicted molar refractivity (Wildman–Crippen MR) is 94.7 cm³/mol. The number of aryl methyl sites for hydroxylation is 2. The summed E-state index contributed by atoms with van der Waals surface area (Å²) in [6, 6.07) is 7.36. The third-order valence-electron chi connectivity index (χ3n) is 4.66. The minimum absolute atomic E-state index is 0.185. The van der Waals surface area contributed by atoms with Gasteiger partial charge in [0.05, 0.1) is 5.52 Å². The van der Waals surface area contributed by atoms with Gasteiger partial charge in [0.1, 0.15) is 5.75 Å². The van der Waals surface area contributed by atoms with Crippen LogP contribution in [0.3, 0.4) is 0 Å². The van der Waals surface area contributed by atoms with Crippen LogP contribution >= 0.6 is 0 Å². The van der Waals surface area contributed by atoms with E-state index in [1.54, 1.807) is 19.2 Å². The molecule has 0 saturated carbocycles. The molecule has 0 bridgehead atoms. The van der Waals surface area contributed by atoms with Crippen molar-refractivity contribution in [1.82, 2.24) is 9.88 Å². The van der Waals surface area contributed by atoms with Crippen molar-refractivity contribution in [3.63, 3.8) is 0 Å². The molecule has 2 aromatic carbocycles. The van der Waals surface area contributed by atoms with Gasteiger partial charge in [-0.25, -0.2) is 0 Å². The highest BCUT2D eigenvalue weighted by Crippen LogP contribution is 2.36. The molecule has 0 aliphatic heterocycles. The fourth-order valence-corrected chi connectivity index (χ4v) is 3.28. The van der Waals surface area contributed by atoms with Crippen molar-refractivity contribution >= 4 is 33.3 Å². The fraction of sp³-hybridized carbons (Fsp3) is 0.211. The van der Waals surface area contributed by atoms with Crippen LogP contribution in [0.1, 0.15) is 16.7 Å². The highest BCUT2D eigenvalue weighted by molar-refractivity contribution is 6.21. The summed E-state index contributed by atoms with van der Waals surface area (Å²) in [5.74, 6) is 0.0461. The summed E-state index contributed by atoms with van der Waals surface area (Å²) < 4.78 is 2.12. The molecule has 2 N–H and O–H groups in total. The van der Waals surface area contributed by atoms with E-state index in [4.69, 9.17) is 0 Å². The number of carbonyl (C=O) groups is 1. The highest BCUT2D eigenvalue weighted by atomic mass is 16.3. The Labute approximate surface area is 135 Å². The topological polar surface area (TPSA) is 54.3 Å². The second kappa shape index (κ2) is 5.16. The van der Waals surface area contributed by atoms with Gasteiger partial charge in [0.15, 0.2) is 0 Å². The average molecular weight is 308 g/mol. The smallest absolute Gasteiger partial charge is 0.251 e. The van der Waals surface area contributed by atoms with Crippen LogP contribution in [0.2, 0.25) is 0 Å². The fourth-order valence-electron chi connectivity index (χ4n) is 3.28. The lowest BCUT2D eigenvalue weighted by molar-refractivity contribution is -0.115. The number of nitrogens with zero attached hydrogens (tertiary/aromatic N) is 1. The van der Waals surface area contributed by atoms with Gasteiger partial charge in [-0.2, -0.15) is 0 Å². The van der Waals surface area contributed by atoms with Crippen LogP contribution in [0.25, 0.3) is 27.4 Å². The van der Waals surface area contributed by atoms with Crippen molar-refractivity contribution in [2.75, 3.05) is 7.05 Å². The Morgan fingerprint density at radius 2 is 1.87 bits per heavy atom. The van der Waals surface area contributed by atoms with Crippen molar-refractivity contribution < 1.29 is 9.90 Å². The van der Waals surface area contributed by atoms with E-state index in [2.05, 4.69) is 23.4 Å². The second-order valence-corrected chi connectivity index (χ2v) is 5.89. The quantitative estimate of drug-likeness (QED) is 0.713. The molecule has 3 rings (SSSR count). The summed E-state index contributed by atoms with van der Waals surface area (Å²) in [6.45, 7) is 8.00. The molecule has 0 saturated heterocycles. The number of carbonyl (C=O) groups excluding carboxylic acids is 1. The van der Waals surface area contributed by atoms with Crippen LogP contribution in [0.5, 0.6) is 5.75 Å². The summed E-state index contributed by atoms with van der Waals surface area (Å²) in [6.07, 6.45) is 0. The summed E-state index contributed by atoms with van der Waals surface area (Å²) >= 11 is 0. The van der Waals surface area contributed by atoms with Crippen LogP contribution < -0.4 is 5.32 Å². The Hall–Kier alpha value is -2.75. The number of nitrogens with one attached hydrogen (secondary N) is 1. The first-order chi connectivity index (χ1) is 10.9. The number of aromatic hydroxyl groups is 1. The van der Waals surface area contributed by atoms with Crippen molar-refractivity contribution in [2.24, 2.45) is 7.05 Å². The number of aromatic nitrogens is 1. The molecule has 3 aromatic rings. The molecule has 118 valence electrons. The first-order valence-electron chi connectivity index (χ1n) is 7.49. The van der Waals surface area contributed by atoms with Crippen LogP contribution in [0.15, 0.2) is 30.8 Å². The lowest BCUT2D eigenvalue weighted by atomic mass is 9.94. The van der Waals surface area contributed by atoms with Gasteiger partial charge in [0.25, 0.3) is 5.91 Å². The standard InChI is InChI=1S/C19H20N2O2/c1-10-11(2)18-16(9-14(10)12(3)19(23)20-4)15-8-13(22)6-7-17(15)21(18)5/h6-9,22H,3H2,1-2,4-5H3,(H,20,23). The normalized spacial score (nSPS) is 11.1. The molecule has 0 radical (unpaired) electrons. The largest absolute Gasteiger partial charge is 0.508 e. The molecule has 0 spiro atoms. The van der Waals surface area contributed by atoms with Gasteiger partial charge < -0.3 is 15.0 Å². The molecule has 23 heavy (non-hydrogen) atoms. The first kappa shape index (κ1) is 15.2. The van der Waals surface area contributed by atoms with E-state index in [1.807, 2.05) is 26.1 Å². The number of hydrogen-bond donors (Lipinski definition) is 2. The van der Waals surface area contributed by atoms with Crippen molar-refractivity contribution in [1.29, 1.82) is 0 Å². The van der Waals surface area contributed by atoms with Crippen LogP contribution in [-0.4, -0.2) is 22.6 Å². The predicted octanol–water partition coefficient (Wildman–Crippen LogP) is 3.41. The molecule has 1 aromatic heterocycles. The van der Waals surface area contributed by atoms with Gasteiger partial charge in [0, 0.05) is 36.0 Å². The molecule has 1 heterocycles. The van der Waals surface area contributed by atoms with Gasteiger partial charge in [-0.15, -0.1) is 0 Å². The van der Waals surface area contributed by atoms with E-state index >= 15 is 0 Å². The third-order valence-corrected chi connectivity index (χ3v) is 4.66. The van der Waals surface area contributed by atoms with Gasteiger partial charge in [0.2, 0.25) is 0 Å². The maximum absolute atomic E-state index is 12.0. The van der Waals surface area contributed by atoms with Gasteiger partial charge >= 0.3 is 0 Å². The van der Waals surface area contributed by atoms with E-state index in [0.717, 1.165) is 38.5 Å². The second-order valence-electron chi connectivity index (χ2n) is 5.89.